The lowest BCUT2D eigenvalue weighted by atomic mass is 10.1. The lowest BCUT2D eigenvalue weighted by Crippen LogP contribution is -2.41. The van der Waals surface area contributed by atoms with Crippen molar-refractivity contribution in [1.29, 1.82) is 0 Å². The Morgan fingerprint density at radius 2 is 1.70 bits per heavy atom. The van der Waals surface area contributed by atoms with Crippen LogP contribution in [0.1, 0.15) is 10.4 Å². The molecule has 0 fully saturated rings. The molecule has 0 saturated heterocycles. The standard InChI is InChI=1S/C17H14FNO3S/c18-16-9-5-4-8-15(16)17(20)19(13-6-2-1-3-7-13)14-10-11-23(21,22)12-14/h1-11,14H,12H2. The van der Waals surface area contributed by atoms with E-state index in [9.17, 15) is 17.6 Å². The van der Waals surface area contributed by atoms with Crippen molar-refractivity contribution in [2.45, 2.75) is 6.04 Å². The van der Waals surface area contributed by atoms with Crippen molar-refractivity contribution in [2.24, 2.45) is 0 Å². The molecule has 23 heavy (non-hydrogen) atoms. The number of rotatable bonds is 3. The molecule has 1 amide bonds. The van der Waals surface area contributed by atoms with E-state index in [4.69, 9.17) is 0 Å². The summed E-state index contributed by atoms with van der Waals surface area (Å²) in [7, 11) is -3.34. The van der Waals surface area contributed by atoms with Crippen molar-refractivity contribution >= 4 is 21.4 Å². The molecule has 0 N–H and O–H groups in total. The van der Waals surface area contributed by atoms with Crippen molar-refractivity contribution in [2.75, 3.05) is 10.7 Å². The number of benzene rings is 2. The first kappa shape index (κ1) is 15.4. The molecule has 2 aromatic carbocycles. The fourth-order valence-electron chi connectivity index (χ4n) is 2.53. The Morgan fingerprint density at radius 1 is 1.04 bits per heavy atom. The summed E-state index contributed by atoms with van der Waals surface area (Å²) in [6.07, 6.45) is 1.46. The molecule has 0 radical (unpaired) electrons. The molecule has 1 aliphatic rings. The van der Waals surface area contributed by atoms with Gasteiger partial charge in [-0.2, -0.15) is 0 Å². The van der Waals surface area contributed by atoms with Crippen molar-refractivity contribution < 1.29 is 17.6 Å². The summed E-state index contributed by atoms with van der Waals surface area (Å²) in [5.74, 6) is -1.41. The molecule has 1 atom stereocenters. The number of nitrogens with zero attached hydrogens (tertiary/aromatic N) is 1. The second-order valence-corrected chi connectivity index (χ2v) is 7.15. The topological polar surface area (TPSA) is 54.5 Å². The van der Waals surface area contributed by atoms with Crippen LogP contribution in [-0.4, -0.2) is 26.1 Å². The van der Waals surface area contributed by atoms with Crippen LogP contribution in [0.5, 0.6) is 0 Å². The minimum Gasteiger partial charge on any atom is -0.300 e. The highest BCUT2D eigenvalue weighted by Gasteiger charge is 2.32. The summed E-state index contributed by atoms with van der Waals surface area (Å²) in [5.41, 5.74) is 0.432. The molecule has 3 rings (SSSR count). The number of anilines is 1. The van der Waals surface area contributed by atoms with Gasteiger partial charge in [0.1, 0.15) is 5.82 Å². The van der Waals surface area contributed by atoms with Gasteiger partial charge in [0, 0.05) is 11.1 Å². The molecule has 0 aromatic heterocycles. The number of hydrogen-bond acceptors (Lipinski definition) is 3. The average Bonchev–Trinajstić information content (AvgIpc) is 2.88. The fourth-order valence-corrected chi connectivity index (χ4v) is 3.80. The quantitative estimate of drug-likeness (QED) is 0.869. The molecule has 0 saturated carbocycles. The lowest BCUT2D eigenvalue weighted by Gasteiger charge is -2.27. The number of sulfone groups is 1. The van der Waals surface area contributed by atoms with Gasteiger partial charge in [-0.3, -0.25) is 4.79 Å². The molecule has 1 aliphatic heterocycles. The highest BCUT2D eigenvalue weighted by Crippen LogP contribution is 2.25. The SMILES string of the molecule is O=C(c1ccccc1F)N(c1ccccc1)C1C=CS(=O)(=O)C1. The molecular weight excluding hydrogens is 317 g/mol. The number of carbonyl (C=O) groups is 1. The van der Waals surface area contributed by atoms with E-state index in [1.54, 1.807) is 36.4 Å². The van der Waals surface area contributed by atoms with Gasteiger partial charge in [0.25, 0.3) is 5.91 Å². The van der Waals surface area contributed by atoms with Gasteiger partial charge in [-0.25, -0.2) is 12.8 Å². The molecule has 1 heterocycles. The zero-order valence-electron chi connectivity index (χ0n) is 12.1. The Bertz CT molecular complexity index is 862. The lowest BCUT2D eigenvalue weighted by molar-refractivity contribution is 0.0979. The largest absolute Gasteiger partial charge is 0.300 e. The van der Waals surface area contributed by atoms with Crippen LogP contribution in [-0.2, 0) is 9.84 Å². The number of carbonyl (C=O) groups excluding carboxylic acids is 1. The maximum Gasteiger partial charge on any atom is 0.261 e. The summed E-state index contributed by atoms with van der Waals surface area (Å²) >= 11 is 0. The highest BCUT2D eigenvalue weighted by atomic mass is 32.2. The van der Waals surface area contributed by atoms with E-state index in [0.717, 1.165) is 5.41 Å². The molecule has 0 bridgehead atoms. The van der Waals surface area contributed by atoms with Crippen molar-refractivity contribution in [3.05, 3.63) is 77.5 Å². The number of hydrogen-bond donors (Lipinski definition) is 0. The minimum absolute atomic E-state index is 0.0888. The zero-order chi connectivity index (χ0) is 16.4. The Balaban J connectivity index is 2.05. The molecule has 0 spiro atoms. The first-order valence-corrected chi connectivity index (χ1v) is 8.73. The Kier molecular flexibility index (Phi) is 4.00. The molecular formula is C17H14FNO3S. The van der Waals surface area contributed by atoms with E-state index in [-0.39, 0.29) is 11.3 Å². The van der Waals surface area contributed by atoms with E-state index in [0.29, 0.717) is 5.69 Å². The minimum atomic E-state index is -3.34. The summed E-state index contributed by atoms with van der Waals surface area (Å²) in [6, 6.07) is 13.7. The normalized spacial score (nSPS) is 18.7. The van der Waals surface area contributed by atoms with Crippen LogP contribution in [0.15, 0.2) is 66.1 Å². The monoisotopic (exact) mass is 331 g/mol. The summed E-state index contributed by atoms with van der Waals surface area (Å²) < 4.78 is 37.4. The first-order valence-electron chi connectivity index (χ1n) is 7.02. The molecule has 118 valence electrons. The first-order chi connectivity index (χ1) is 11.0. The molecule has 4 nitrogen and oxygen atoms in total. The van der Waals surface area contributed by atoms with Gasteiger partial charge in [-0.15, -0.1) is 0 Å². The third-order valence-corrected chi connectivity index (χ3v) is 4.98. The van der Waals surface area contributed by atoms with Crippen LogP contribution in [0.4, 0.5) is 10.1 Å². The Morgan fingerprint density at radius 3 is 2.30 bits per heavy atom. The van der Waals surface area contributed by atoms with Crippen LogP contribution in [0.2, 0.25) is 0 Å². The van der Waals surface area contributed by atoms with Crippen molar-refractivity contribution in [3.63, 3.8) is 0 Å². The maximum absolute atomic E-state index is 14.0. The summed E-state index contributed by atoms with van der Waals surface area (Å²) in [4.78, 5) is 14.1. The van der Waals surface area contributed by atoms with Gasteiger partial charge in [-0.1, -0.05) is 30.3 Å². The number of amides is 1. The van der Waals surface area contributed by atoms with Gasteiger partial charge in [0.05, 0.1) is 17.4 Å². The van der Waals surface area contributed by atoms with Gasteiger partial charge in [0.2, 0.25) is 0 Å². The summed E-state index contributed by atoms with van der Waals surface area (Å²) in [5, 5.41) is 1.10. The smallest absolute Gasteiger partial charge is 0.261 e. The van der Waals surface area contributed by atoms with Gasteiger partial charge in [0.15, 0.2) is 9.84 Å². The van der Waals surface area contributed by atoms with Crippen LogP contribution in [0.3, 0.4) is 0 Å². The van der Waals surface area contributed by atoms with E-state index in [1.807, 2.05) is 0 Å². The Labute approximate surface area is 133 Å². The van der Waals surface area contributed by atoms with E-state index < -0.39 is 27.6 Å². The summed E-state index contributed by atoms with van der Waals surface area (Å²) in [6.45, 7) is 0. The van der Waals surface area contributed by atoms with Crippen LogP contribution in [0, 0.1) is 5.82 Å². The number of halogens is 1. The number of para-hydroxylation sites is 1. The van der Waals surface area contributed by atoms with Gasteiger partial charge >= 0.3 is 0 Å². The van der Waals surface area contributed by atoms with Gasteiger partial charge < -0.3 is 4.90 Å². The predicted molar refractivity (Wildman–Crippen MR) is 86.4 cm³/mol. The highest BCUT2D eigenvalue weighted by molar-refractivity contribution is 7.94. The van der Waals surface area contributed by atoms with Gasteiger partial charge in [-0.05, 0) is 30.3 Å². The fraction of sp³-hybridized carbons (Fsp3) is 0.118. The third-order valence-electron chi connectivity index (χ3n) is 3.60. The second-order valence-electron chi connectivity index (χ2n) is 5.22. The van der Waals surface area contributed by atoms with E-state index in [1.165, 1.54) is 29.2 Å². The average molecular weight is 331 g/mol. The second kappa shape index (κ2) is 5.96. The molecule has 0 aliphatic carbocycles. The van der Waals surface area contributed by atoms with E-state index >= 15 is 0 Å². The molecule has 2 aromatic rings. The molecule has 6 heteroatoms. The Hall–Kier alpha value is -2.47. The van der Waals surface area contributed by atoms with E-state index in [2.05, 4.69) is 0 Å². The van der Waals surface area contributed by atoms with Crippen molar-refractivity contribution in [1.82, 2.24) is 0 Å². The maximum atomic E-state index is 14.0. The predicted octanol–water partition coefficient (Wildman–Crippen LogP) is 2.78. The van der Waals surface area contributed by atoms with Crippen molar-refractivity contribution in [3.8, 4) is 0 Å². The third kappa shape index (κ3) is 3.17. The zero-order valence-corrected chi connectivity index (χ0v) is 12.9. The van der Waals surface area contributed by atoms with Crippen LogP contribution < -0.4 is 4.90 Å². The van der Waals surface area contributed by atoms with Crippen LogP contribution >= 0.6 is 0 Å². The molecule has 1 unspecified atom stereocenters. The van der Waals surface area contributed by atoms with Crippen LogP contribution in [0.25, 0.3) is 0 Å².